The summed E-state index contributed by atoms with van der Waals surface area (Å²) in [6, 6.07) is 0. The summed E-state index contributed by atoms with van der Waals surface area (Å²) >= 11 is 0. The van der Waals surface area contributed by atoms with E-state index in [1.54, 1.807) is 4.90 Å². The Kier molecular flexibility index (Phi) is 2.65. The lowest BCUT2D eigenvalue weighted by Gasteiger charge is -2.38. The first-order chi connectivity index (χ1) is 5.27. The van der Waals surface area contributed by atoms with Crippen LogP contribution in [0.2, 0.25) is 0 Å². The Hall–Kier alpha value is -0.830. The Morgan fingerprint density at radius 3 is 2.91 bits per heavy atom. The number of nitrogens with one attached hydrogen (secondary N) is 1. The lowest BCUT2D eigenvalue weighted by atomic mass is 10.0. The van der Waals surface area contributed by atoms with Gasteiger partial charge in [-0.05, 0) is 13.1 Å². The molecule has 0 saturated carbocycles. The van der Waals surface area contributed by atoms with E-state index in [9.17, 15) is 4.79 Å². The van der Waals surface area contributed by atoms with Crippen molar-refractivity contribution >= 4 is 5.91 Å². The van der Waals surface area contributed by atoms with Gasteiger partial charge in [0.1, 0.15) is 0 Å². The molecule has 1 heterocycles. The molecule has 1 aliphatic rings. The molecule has 1 rings (SSSR count). The smallest absolute Gasteiger partial charge is 0.245 e. The van der Waals surface area contributed by atoms with Crippen LogP contribution >= 0.6 is 0 Å². The number of rotatable bonds is 3. The van der Waals surface area contributed by atoms with Crippen LogP contribution in [0.5, 0.6) is 0 Å². The van der Waals surface area contributed by atoms with Gasteiger partial charge >= 0.3 is 0 Å². The minimum atomic E-state index is 0.0531. The molecule has 1 N–H and O–H groups in total. The fourth-order valence-electron chi connectivity index (χ4n) is 1.30. The first-order valence-electron chi connectivity index (χ1n) is 3.84. The number of nitrogens with zero attached hydrogens (tertiary/aromatic N) is 1. The van der Waals surface area contributed by atoms with Crippen LogP contribution in [0.4, 0.5) is 0 Å². The first-order valence-corrected chi connectivity index (χ1v) is 3.84. The molecule has 0 unspecified atom stereocenters. The molecule has 11 heavy (non-hydrogen) atoms. The third kappa shape index (κ3) is 1.80. The number of carbonyl (C=O) groups excluding carboxylic acids is 1. The Morgan fingerprint density at radius 2 is 2.45 bits per heavy atom. The van der Waals surface area contributed by atoms with E-state index < -0.39 is 0 Å². The summed E-state index contributed by atoms with van der Waals surface area (Å²) < 4.78 is 0. The zero-order valence-corrected chi connectivity index (χ0v) is 6.84. The zero-order valence-electron chi connectivity index (χ0n) is 6.84. The average molecular weight is 154 g/mol. The Morgan fingerprint density at radius 1 is 1.82 bits per heavy atom. The number of likely N-dealkylation sites (tertiary alicyclic amines) is 1. The molecule has 3 heteroatoms. The van der Waals surface area contributed by atoms with E-state index in [2.05, 4.69) is 11.9 Å². The quantitative estimate of drug-likeness (QED) is 0.573. The summed E-state index contributed by atoms with van der Waals surface area (Å²) in [4.78, 5) is 12.7. The molecule has 0 spiro atoms. The molecule has 1 amide bonds. The molecule has 3 nitrogen and oxygen atoms in total. The van der Waals surface area contributed by atoms with Crippen molar-refractivity contribution in [2.24, 2.45) is 5.92 Å². The van der Waals surface area contributed by atoms with E-state index in [1.165, 1.54) is 6.08 Å². The molecular weight excluding hydrogens is 140 g/mol. The molecule has 1 fully saturated rings. The Labute approximate surface area is 67.1 Å². The Balaban J connectivity index is 2.18. The normalized spacial score (nSPS) is 17.7. The topological polar surface area (TPSA) is 32.3 Å². The number of hydrogen-bond acceptors (Lipinski definition) is 2. The van der Waals surface area contributed by atoms with Gasteiger partial charge in [-0.25, -0.2) is 0 Å². The highest BCUT2D eigenvalue weighted by Gasteiger charge is 2.27. The maximum Gasteiger partial charge on any atom is 0.245 e. The van der Waals surface area contributed by atoms with Gasteiger partial charge in [-0.1, -0.05) is 6.58 Å². The summed E-state index contributed by atoms with van der Waals surface area (Å²) in [5.74, 6) is 0.696. The second kappa shape index (κ2) is 3.53. The van der Waals surface area contributed by atoms with Crippen molar-refractivity contribution in [3.8, 4) is 0 Å². The van der Waals surface area contributed by atoms with Crippen LogP contribution in [-0.2, 0) is 4.79 Å². The van der Waals surface area contributed by atoms with Gasteiger partial charge in [-0.2, -0.15) is 0 Å². The number of hydrogen-bond donors (Lipinski definition) is 1. The van der Waals surface area contributed by atoms with Gasteiger partial charge in [0.2, 0.25) is 5.91 Å². The second-order valence-electron chi connectivity index (χ2n) is 2.87. The molecule has 0 aliphatic carbocycles. The van der Waals surface area contributed by atoms with Crippen LogP contribution in [0.3, 0.4) is 0 Å². The molecule has 62 valence electrons. The number of amides is 1. The van der Waals surface area contributed by atoms with Crippen molar-refractivity contribution in [3.63, 3.8) is 0 Å². The van der Waals surface area contributed by atoms with Crippen LogP contribution in [-0.4, -0.2) is 37.5 Å². The van der Waals surface area contributed by atoms with Gasteiger partial charge in [0.05, 0.1) is 0 Å². The molecular formula is C8H14N2O. The molecule has 0 aromatic carbocycles. The largest absolute Gasteiger partial charge is 0.338 e. The standard InChI is InChI=1S/C8H14N2O/c1-3-8(11)10-5-7(6-10)4-9-2/h3,7,9H,1,4-6H2,2H3. The van der Waals surface area contributed by atoms with Crippen molar-refractivity contribution in [2.75, 3.05) is 26.7 Å². The fourth-order valence-corrected chi connectivity index (χ4v) is 1.30. The molecule has 0 radical (unpaired) electrons. The molecule has 1 saturated heterocycles. The van der Waals surface area contributed by atoms with Crippen LogP contribution in [0.1, 0.15) is 0 Å². The van der Waals surface area contributed by atoms with E-state index in [0.29, 0.717) is 5.92 Å². The summed E-state index contributed by atoms with van der Waals surface area (Å²) in [6.07, 6.45) is 1.37. The maximum absolute atomic E-state index is 10.9. The molecule has 0 aromatic rings. The van der Waals surface area contributed by atoms with E-state index in [4.69, 9.17) is 0 Å². The third-order valence-electron chi connectivity index (χ3n) is 1.94. The summed E-state index contributed by atoms with van der Waals surface area (Å²) in [5, 5.41) is 3.08. The molecule has 0 bridgehead atoms. The molecule has 0 atom stereocenters. The van der Waals surface area contributed by atoms with E-state index >= 15 is 0 Å². The van der Waals surface area contributed by atoms with Crippen LogP contribution in [0, 0.1) is 5.92 Å². The highest BCUT2D eigenvalue weighted by molar-refractivity contribution is 5.87. The van der Waals surface area contributed by atoms with Crippen LogP contribution < -0.4 is 5.32 Å². The lowest BCUT2D eigenvalue weighted by molar-refractivity contribution is -0.131. The maximum atomic E-state index is 10.9. The van der Waals surface area contributed by atoms with Crippen molar-refractivity contribution in [3.05, 3.63) is 12.7 Å². The van der Waals surface area contributed by atoms with Crippen molar-refractivity contribution in [1.82, 2.24) is 10.2 Å². The van der Waals surface area contributed by atoms with Gasteiger partial charge in [0, 0.05) is 25.6 Å². The van der Waals surface area contributed by atoms with Gasteiger partial charge in [-0.15, -0.1) is 0 Å². The minimum absolute atomic E-state index is 0.0531. The average Bonchev–Trinajstić information content (AvgIpc) is 1.94. The summed E-state index contributed by atoms with van der Waals surface area (Å²) in [5.41, 5.74) is 0. The highest BCUT2D eigenvalue weighted by Crippen LogP contribution is 2.14. The highest BCUT2D eigenvalue weighted by atomic mass is 16.2. The van der Waals surface area contributed by atoms with Crippen molar-refractivity contribution in [2.45, 2.75) is 0 Å². The van der Waals surface area contributed by atoms with E-state index in [0.717, 1.165) is 19.6 Å². The van der Waals surface area contributed by atoms with Crippen molar-refractivity contribution < 1.29 is 4.79 Å². The van der Waals surface area contributed by atoms with Gasteiger partial charge in [0.15, 0.2) is 0 Å². The zero-order chi connectivity index (χ0) is 8.27. The third-order valence-corrected chi connectivity index (χ3v) is 1.94. The van der Waals surface area contributed by atoms with Crippen LogP contribution in [0.25, 0.3) is 0 Å². The first kappa shape index (κ1) is 8.27. The van der Waals surface area contributed by atoms with Crippen LogP contribution in [0.15, 0.2) is 12.7 Å². The Bertz CT molecular complexity index is 161. The van der Waals surface area contributed by atoms with Gasteiger partial charge < -0.3 is 10.2 Å². The predicted molar refractivity (Wildman–Crippen MR) is 44.2 cm³/mol. The van der Waals surface area contributed by atoms with Gasteiger partial charge in [0.25, 0.3) is 0 Å². The lowest BCUT2D eigenvalue weighted by Crippen LogP contribution is -2.52. The van der Waals surface area contributed by atoms with Gasteiger partial charge in [-0.3, -0.25) is 4.79 Å². The van der Waals surface area contributed by atoms with Crippen molar-refractivity contribution in [1.29, 1.82) is 0 Å². The minimum Gasteiger partial charge on any atom is -0.338 e. The molecule has 0 aromatic heterocycles. The fraction of sp³-hybridized carbons (Fsp3) is 0.625. The number of carbonyl (C=O) groups is 1. The predicted octanol–water partition coefficient (Wildman–Crippen LogP) is -0.150. The SMILES string of the molecule is C=CC(=O)N1CC(CNC)C1. The molecule has 1 aliphatic heterocycles. The second-order valence-corrected chi connectivity index (χ2v) is 2.87. The summed E-state index contributed by atoms with van der Waals surface area (Å²) in [6.45, 7) is 6.19. The monoisotopic (exact) mass is 154 g/mol. The van der Waals surface area contributed by atoms with E-state index in [1.807, 2.05) is 7.05 Å². The summed E-state index contributed by atoms with van der Waals surface area (Å²) in [7, 11) is 1.93. The van der Waals surface area contributed by atoms with E-state index in [-0.39, 0.29) is 5.91 Å².